The Bertz CT molecular complexity index is 503. The van der Waals surface area contributed by atoms with Gasteiger partial charge in [0, 0.05) is 9.58 Å². The summed E-state index contributed by atoms with van der Waals surface area (Å²) in [7, 11) is 0. The number of aryl methyl sites for hydroxylation is 1. The average molecular weight is 203 g/mol. The van der Waals surface area contributed by atoms with Crippen LogP contribution in [-0.4, -0.2) is 0 Å². The van der Waals surface area contributed by atoms with Crippen LogP contribution in [0, 0.1) is 4.91 Å². The van der Waals surface area contributed by atoms with Crippen LogP contribution >= 0.6 is 11.3 Å². The maximum atomic E-state index is 10.6. The fourth-order valence-corrected chi connectivity index (χ4v) is 3.47. The van der Waals surface area contributed by atoms with Crippen molar-refractivity contribution in [3.63, 3.8) is 0 Å². The minimum absolute atomic E-state index is 0.0811. The molecule has 3 rings (SSSR count). The molecule has 0 spiro atoms. The van der Waals surface area contributed by atoms with Crippen LogP contribution < -0.4 is 0 Å². The third-order valence-corrected chi connectivity index (χ3v) is 4.14. The third-order valence-electron chi connectivity index (χ3n) is 2.83. The van der Waals surface area contributed by atoms with Gasteiger partial charge in [0.15, 0.2) is 0 Å². The van der Waals surface area contributed by atoms with Gasteiger partial charge >= 0.3 is 0 Å². The Morgan fingerprint density at radius 3 is 3.07 bits per heavy atom. The second-order valence-corrected chi connectivity index (χ2v) is 4.68. The summed E-state index contributed by atoms with van der Waals surface area (Å²) in [4.78, 5) is 11.8. The highest BCUT2D eigenvalue weighted by Gasteiger charge is 2.27. The molecule has 1 aliphatic rings. The lowest BCUT2D eigenvalue weighted by molar-refractivity contribution is 0.717. The molecule has 70 valence electrons. The summed E-state index contributed by atoms with van der Waals surface area (Å²) < 4.78 is 1.28. The van der Waals surface area contributed by atoms with E-state index in [2.05, 4.69) is 23.4 Å². The average Bonchev–Trinajstić information content (AvgIpc) is 2.75. The molecule has 0 saturated carbocycles. The summed E-state index contributed by atoms with van der Waals surface area (Å²) in [6, 6.07) is 8.26. The molecule has 1 atom stereocenters. The van der Waals surface area contributed by atoms with E-state index in [1.165, 1.54) is 20.5 Å². The molecule has 2 aromatic rings. The molecule has 1 aromatic heterocycles. The highest BCUT2D eigenvalue weighted by atomic mass is 32.1. The molecular weight excluding hydrogens is 194 g/mol. The van der Waals surface area contributed by atoms with Crippen LogP contribution in [-0.2, 0) is 6.42 Å². The van der Waals surface area contributed by atoms with Crippen LogP contribution in [0.15, 0.2) is 29.4 Å². The van der Waals surface area contributed by atoms with E-state index in [1.54, 1.807) is 11.3 Å². The van der Waals surface area contributed by atoms with E-state index >= 15 is 0 Å². The van der Waals surface area contributed by atoms with Crippen LogP contribution in [0.1, 0.15) is 22.9 Å². The molecule has 2 nitrogen and oxygen atoms in total. The van der Waals surface area contributed by atoms with Gasteiger partial charge in [-0.3, -0.25) is 0 Å². The second-order valence-electron chi connectivity index (χ2n) is 3.60. The summed E-state index contributed by atoms with van der Waals surface area (Å²) >= 11 is 1.73. The number of hydrogen-bond donors (Lipinski definition) is 0. The van der Waals surface area contributed by atoms with Gasteiger partial charge in [-0.05, 0) is 29.9 Å². The van der Waals surface area contributed by atoms with Crippen LogP contribution in [0.4, 0.5) is 0 Å². The molecule has 1 aliphatic carbocycles. The molecule has 1 aromatic carbocycles. The van der Waals surface area contributed by atoms with Gasteiger partial charge in [0.05, 0.1) is 0 Å². The van der Waals surface area contributed by atoms with Crippen LogP contribution in [0.3, 0.4) is 0 Å². The van der Waals surface area contributed by atoms with Crippen molar-refractivity contribution in [3.8, 4) is 0 Å². The molecule has 0 N–H and O–H groups in total. The zero-order chi connectivity index (χ0) is 9.54. The summed E-state index contributed by atoms with van der Waals surface area (Å²) in [5.74, 6) is 0. The second kappa shape index (κ2) is 2.89. The maximum absolute atomic E-state index is 10.6. The van der Waals surface area contributed by atoms with E-state index in [0.717, 1.165) is 12.8 Å². The predicted octanol–water partition coefficient (Wildman–Crippen LogP) is 3.66. The first-order valence-corrected chi connectivity index (χ1v) is 5.54. The Morgan fingerprint density at radius 2 is 2.21 bits per heavy atom. The van der Waals surface area contributed by atoms with Crippen molar-refractivity contribution in [2.75, 3.05) is 0 Å². The Balaban J connectivity index is 2.31. The number of fused-ring (bicyclic) bond motifs is 3. The highest BCUT2D eigenvalue weighted by Crippen LogP contribution is 2.43. The zero-order valence-corrected chi connectivity index (χ0v) is 8.38. The minimum atomic E-state index is -0.0811. The largest absolute Gasteiger partial charge is 0.150 e. The summed E-state index contributed by atoms with van der Waals surface area (Å²) in [5, 5.41) is 4.50. The Morgan fingerprint density at radius 1 is 1.36 bits per heavy atom. The topological polar surface area (TPSA) is 29.4 Å². The molecule has 0 bridgehead atoms. The smallest absolute Gasteiger partial charge is 0.127 e. The van der Waals surface area contributed by atoms with Crippen LogP contribution in [0.25, 0.3) is 10.1 Å². The molecule has 0 radical (unpaired) electrons. The van der Waals surface area contributed by atoms with Crippen molar-refractivity contribution >= 4 is 21.4 Å². The van der Waals surface area contributed by atoms with Crippen LogP contribution in [0.2, 0.25) is 0 Å². The van der Waals surface area contributed by atoms with Gasteiger partial charge in [-0.1, -0.05) is 23.4 Å². The Hall–Kier alpha value is -1.22. The Kier molecular flexibility index (Phi) is 1.67. The fraction of sp³-hybridized carbons (Fsp3) is 0.273. The number of nitrogens with zero attached hydrogens (tertiary/aromatic N) is 1. The number of thiophene rings is 1. The molecule has 0 amide bonds. The molecule has 0 saturated heterocycles. The van der Waals surface area contributed by atoms with E-state index in [4.69, 9.17) is 0 Å². The van der Waals surface area contributed by atoms with E-state index in [9.17, 15) is 4.91 Å². The number of nitroso groups, excluding NO2 is 1. The van der Waals surface area contributed by atoms with E-state index in [-0.39, 0.29) is 6.04 Å². The molecule has 0 fully saturated rings. The molecule has 1 heterocycles. The SMILES string of the molecule is O=NC1CCc2c1sc1ccccc21. The van der Waals surface area contributed by atoms with E-state index in [1.807, 2.05) is 6.07 Å². The fourth-order valence-electron chi connectivity index (χ4n) is 2.16. The maximum Gasteiger partial charge on any atom is 0.127 e. The van der Waals surface area contributed by atoms with Gasteiger partial charge in [0.25, 0.3) is 0 Å². The van der Waals surface area contributed by atoms with Gasteiger partial charge in [0.1, 0.15) is 6.04 Å². The normalized spacial score (nSPS) is 19.9. The van der Waals surface area contributed by atoms with Crippen molar-refractivity contribution < 1.29 is 0 Å². The number of hydrogen-bond acceptors (Lipinski definition) is 3. The van der Waals surface area contributed by atoms with Crippen molar-refractivity contribution in [3.05, 3.63) is 39.6 Å². The lowest BCUT2D eigenvalue weighted by atomic mass is 10.1. The Labute approximate surface area is 85.5 Å². The van der Waals surface area contributed by atoms with Crippen molar-refractivity contribution in [2.24, 2.45) is 5.18 Å². The first-order chi connectivity index (χ1) is 6.90. The van der Waals surface area contributed by atoms with Gasteiger partial charge in [-0.2, -0.15) is 4.91 Å². The molecule has 0 aliphatic heterocycles. The monoisotopic (exact) mass is 203 g/mol. The van der Waals surface area contributed by atoms with Crippen molar-refractivity contribution in [1.29, 1.82) is 0 Å². The first-order valence-electron chi connectivity index (χ1n) is 4.73. The highest BCUT2D eigenvalue weighted by molar-refractivity contribution is 7.19. The minimum Gasteiger partial charge on any atom is -0.150 e. The molecule has 14 heavy (non-hydrogen) atoms. The zero-order valence-electron chi connectivity index (χ0n) is 7.56. The standard InChI is InChI=1S/C11H9NOS/c13-12-9-6-5-8-7-3-1-2-4-10(7)14-11(8)9/h1-4,9H,5-6H2. The quantitative estimate of drug-likeness (QED) is 0.650. The van der Waals surface area contributed by atoms with Gasteiger partial charge in [-0.15, -0.1) is 11.3 Å². The first kappa shape index (κ1) is 8.12. The van der Waals surface area contributed by atoms with Crippen molar-refractivity contribution in [2.45, 2.75) is 18.9 Å². The molecule has 3 heteroatoms. The lowest BCUT2D eigenvalue weighted by Gasteiger charge is -1.94. The number of rotatable bonds is 1. The van der Waals surface area contributed by atoms with E-state index in [0.29, 0.717) is 0 Å². The summed E-state index contributed by atoms with van der Waals surface area (Å²) in [6.07, 6.45) is 1.91. The van der Waals surface area contributed by atoms with Gasteiger partial charge in [0.2, 0.25) is 0 Å². The van der Waals surface area contributed by atoms with E-state index < -0.39 is 0 Å². The summed E-state index contributed by atoms with van der Waals surface area (Å²) in [6.45, 7) is 0. The predicted molar refractivity (Wildman–Crippen MR) is 58.7 cm³/mol. The molecular formula is C11H9NOS. The van der Waals surface area contributed by atoms with Gasteiger partial charge in [-0.25, -0.2) is 0 Å². The van der Waals surface area contributed by atoms with Crippen molar-refractivity contribution in [1.82, 2.24) is 0 Å². The van der Waals surface area contributed by atoms with Gasteiger partial charge < -0.3 is 0 Å². The van der Waals surface area contributed by atoms with Crippen LogP contribution in [0.5, 0.6) is 0 Å². The third kappa shape index (κ3) is 0.960. The molecule has 1 unspecified atom stereocenters. The lowest BCUT2D eigenvalue weighted by Crippen LogP contribution is -1.81. The number of benzene rings is 1. The summed E-state index contributed by atoms with van der Waals surface area (Å²) in [5.41, 5.74) is 1.36.